The maximum atomic E-state index is 8.69. The predicted octanol–water partition coefficient (Wildman–Crippen LogP) is 1.15. The van der Waals surface area contributed by atoms with E-state index < -0.39 is 0 Å². The number of amidine groups is 1. The van der Waals surface area contributed by atoms with E-state index in [2.05, 4.69) is 15.2 Å². The smallest absolute Gasteiger partial charge is 0.170 e. The Morgan fingerprint density at radius 2 is 2.32 bits per heavy atom. The van der Waals surface area contributed by atoms with Gasteiger partial charge in [-0.1, -0.05) is 17.3 Å². The van der Waals surface area contributed by atoms with Gasteiger partial charge in [0.15, 0.2) is 5.84 Å². The lowest BCUT2D eigenvalue weighted by atomic mass is 10.1. The van der Waals surface area contributed by atoms with Gasteiger partial charge in [-0.3, -0.25) is 4.68 Å². The highest BCUT2D eigenvalue weighted by molar-refractivity contribution is 5.97. The largest absolute Gasteiger partial charge is 0.409 e. The topological polar surface area (TPSA) is 79.7 Å². The van der Waals surface area contributed by atoms with Crippen LogP contribution in [0, 0.1) is 0 Å². The van der Waals surface area contributed by atoms with Crippen molar-refractivity contribution in [2.75, 3.05) is 11.9 Å². The van der Waals surface area contributed by atoms with Crippen molar-refractivity contribution >= 4 is 11.5 Å². The molecule has 0 saturated carbocycles. The SMILES string of the molecule is CN(Cc1cnn(C)c1)c1cccc(C(N)=NO)c1. The fraction of sp³-hybridized carbons (Fsp3) is 0.231. The van der Waals surface area contributed by atoms with Gasteiger partial charge in [0.05, 0.1) is 6.20 Å². The number of nitrogens with zero attached hydrogens (tertiary/aromatic N) is 4. The average molecular weight is 259 g/mol. The lowest BCUT2D eigenvalue weighted by molar-refractivity contribution is 0.318. The van der Waals surface area contributed by atoms with E-state index in [-0.39, 0.29) is 5.84 Å². The summed E-state index contributed by atoms with van der Waals surface area (Å²) in [7, 11) is 3.88. The maximum Gasteiger partial charge on any atom is 0.170 e. The molecule has 0 amide bonds. The van der Waals surface area contributed by atoms with Crippen LogP contribution in [-0.4, -0.2) is 27.9 Å². The molecule has 0 aliphatic heterocycles. The third-order valence-corrected chi connectivity index (χ3v) is 2.87. The second-order valence-electron chi connectivity index (χ2n) is 4.41. The second-order valence-corrected chi connectivity index (χ2v) is 4.41. The number of hydrogen-bond donors (Lipinski definition) is 2. The standard InChI is InChI=1S/C13H17N5O/c1-17(8-10-7-15-18(2)9-10)12-5-3-4-11(6-12)13(14)16-19/h3-7,9,19H,8H2,1-2H3,(H2,14,16). The van der Waals surface area contributed by atoms with Crippen LogP contribution >= 0.6 is 0 Å². The van der Waals surface area contributed by atoms with Crippen molar-refractivity contribution < 1.29 is 5.21 Å². The summed E-state index contributed by atoms with van der Waals surface area (Å²) in [6.07, 6.45) is 3.81. The molecule has 0 atom stereocenters. The van der Waals surface area contributed by atoms with Crippen LogP contribution in [0.15, 0.2) is 41.8 Å². The zero-order valence-electron chi connectivity index (χ0n) is 11.0. The van der Waals surface area contributed by atoms with Gasteiger partial charge in [0.1, 0.15) is 0 Å². The quantitative estimate of drug-likeness (QED) is 0.373. The van der Waals surface area contributed by atoms with Gasteiger partial charge in [0, 0.05) is 43.7 Å². The van der Waals surface area contributed by atoms with E-state index in [4.69, 9.17) is 10.9 Å². The number of anilines is 1. The van der Waals surface area contributed by atoms with Crippen LogP contribution in [0.25, 0.3) is 0 Å². The maximum absolute atomic E-state index is 8.69. The minimum Gasteiger partial charge on any atom is -0.409 e. The van der Waals surface area contributed by atoms with E-state index in [1.165, 1.54) is 0 Å². The highest BCUT2D eigenvalue weighted by Crippen LogP contribution is 2.17. The molecule has 2 aromatic rings. The summed E-state index contributed by atoms with van der Waals surface area (Å²) in [4.78, 5) is 2.07. The molecule has 6 nitrogen and oxygen atoms in total. The van der Waals surface area contributed by atoms with E-state index in [1.807, 2.05) is 44.7 Å². The van der Waals surface area contributed by atoms with Crippen molar-refractivity contribution in [2.24, 2.45) is 17.9 Å². The molecule has 0 radical (unpaired) electrons. The lowest BCUT2D eigenvalue weighted by Crippen LogP contribution is -2.18. The number of aryl methyl sites for hydroxylation is 1. The van der Waals surface area contributed by atoms with Crippen LogP contribution in [0.1, 0.15) is 11.1 Å². The van der Waals surface area contributed by atoms with Crippen LogP contribution < -0.4 is 10.6 Å². The highest BCUT2D eigenvalue weighted by atomic mass is 16.4. The van der Waals surface area contributed by atoms with Gasteiger partial charge >= 0.3 is 0 Å². The molecule has 1 aromatic heterocycles. The van der Waals surface area contributed by atoms with Crippen LogP contribution in [0.4, 0.5) is 5.69 Å². The summed E-state index contributed by atoms with van der Waals surface area (Å²) in [6, 6.07) is 7.54. The fourth-order valence-electron chi connectivity index (χ4n) is 1.88. The Labute approximate surface area is 111 Å². The normalized spacial score (nSPS) is 11.6. The van der Waals surface area contributed by atoms with Crippen LogP contribution in [-0.2, 0) is 13.6 Å². The Hall–Kier alpha value is -2.50. The van der Waals surface area contributed by atoms with Gasteiger partial charge < -0.3 is 15.8 Å². The van der Waals surface area contributed by atoms with Crippen molar-refractivity contribution in [1.29, 1.82) is 0 Å². The molecule has 1 aromatic carbocycles. The number of rotatable bonds is 4. The van der Waals surface area contributed by atoms with E-state index in [0.717, 1.165) is 17.8 Å². The molecular formula is C13H17N5O. The monoisotopic (exact) mass is 259 g/mol. The zero-order chi connectivity index (χ0) is 13.8. The Kier molecular flexibility index (Phi) is 3.70. The van der Waals surface area contributed by atoms with Crippen LogP contribution in [0.5, 0.6) is 0 Å². The van der Waals surface area contributed by atoms with Gasteiger partial charge in [0.2, 0.25) is 0 Å². The molecule has 0 aliphatic carbocycles. The zero-order valence-corrected chi connectivity index (χ0v) is 11.0. The molecule has 100 valence electrons. The lowest BCUT2D eigenvalue weighted by Gasteiger charge is -2.19. The molecule has 1 heterocycles. The number of benzene rings is 1. The summed E-state index contributed by atoms with van der Waals surface area (Å²) in [5.41, 5.74) is 8.40. The Morgan fingerprint density at radius 3 is 2.95 bits per heavy atom. The first kappa shape index (κ1) is 12.9. The van der Waals surface area contributed by atoms with Gasteiger partial charge in [0.25, 0.3) is 0 Å². The number of nitrogens with two attached hydrogens (primary N) is 1. The first-order chi connectivity index (χ1) is 9.10. The fourth-order valence-corrected chi connectivity index (χ4v) is 1.88. The van der Waals surface area contributed by atoms with E-state index >= 15 is 0 Å². The molecular weight excluding hydrogens is 242 g/mol. The van der Waals surface area contributed by atoms with Gasteiger partial charge in [-0.2, -0.15) is 5.10 Å². The summed E-state index contributed by atoms with van der Waals surface area (Å²) >= 11 is 0. The summed E-state index contributed by atoms with van der Waals surface area (Å²) < 4.78 is 1.77. The van der Waals surface area contributed by atoms with Crippen LogP contribution in [0.2, 0.25) is 0 Å². The van der Waals surface area contributed by atoms with Crippen LogP contribution in [0.3, 0.4) is 0 Å². The molecule has 0 spiro atoms. The minimum absolute atomic E-state index is 0.108. The second kappa shape index (κ2) is 5.43. The predicted molar refractivity (Wildman–Crippen MR) is 74.3 cm³/mol. The summed E-state index contributed by atoms with van der Waals surface area (Å²) in [5, 5.41) is 15.8. The average Bonchev–Trinajstić information content (AvgIpc) is 2.83. The minimum atomic E-state index is 0.108. The molecule has 3 N–H and O–H groups in total. The number of aromatic nitrogens is 2. The number of hydrogen-bond acceptors (Lipinski definition) is 4. The third-order valence-electron chi connectivity index (χ3n) is 2.87. The molecule has 0 fully saturated rings. The summed E-state index contributed by atoms with van der Waals surface area (Å²) in [5.74, 6) is 0.108. The van der Waals surface area contributed by atoms with Gasteiger partial charge in [-0.25, -0.2) is 0 Å². The Balaban J connectivity index is 2.17. The molecule has 0 saturated heterocycles. The van der Waals surface area contributed by atoms with Crippen molar-refractivity contribution in [1.82, 2.24) is 9.78 Å². The molecule has 0 aliphatic rings. The van der Waals surface area contributed by atoms with E-state index in [0.29, 0.717) is 5.56 Å². The summed E-state index contributed by atoms with van der Waals surface area (Å²) in [6.45, 7) is 0.744. The molecule has 0 unspecified atom stereocenters. The van der Waals surface area contributed by atoms with E-state index in [9.17, 15) is 0 Å². The Bertz CT molecular complexity index is 590. The van der Waals surface area contributed by atoms with Crippen molar-refractivity contribution in [3.05, 3.63) is 47.8 Å². The molecule has 19 heavy (non-hydrogen) atoms. The first-order valence-electron chi connectivity index (χ1n) is 5.87. The highest BCUT2D eigenvalue weighted by Gasteiger charge is 2.06. The van der Waals surface area contributed by atoms with E-state index in [1.54, 1.807) is 10.7 Å². The van der Waals surface area contributed by atoms with Crippen molar-refractivity contribution in [3.8, 4) is 0 Å². The molecule has 2 rings (SSSR count). The molecule has 6 heteroatoms. The van der Waals surface area contributed by atoms with Gasteiger partial charge in [-0.05, 0) is 12.1 Å². The third kappa shape index (κ3) is 3.04. The Morgan fingerprint density at radius 1 is 1.53 bits per heavy atom. The first-order valence-corrected chi connectivity index (χ1v) is 5.87. The van der Waals surface area contributed by atoms with Crippen molar-refractivity contribution in [3.63, 3.8) is 0 Å². The van der Waals surface area contributed by atoms with Gasteiger partial charge in [-0.15, -0.1) is 0 Å². The van der Waals surface area contributed by atoms with Crippen molar-refractivity contribution in [2.45, 2.75) is 6.54 Å². The molecule has 0 bridgehead atoms. The number of oxime groups is 1.